The zero-order valence-electron chi connectivity index (χ0n) is 9.26. The van der Waals surface area contributed by atoms with Crippen LogP contribution in [0.3, 0.4) is 0 Å². The highest BCUT2D eigenvalue weighted by Gasteiger charge is 2.04. The van der Waals surface area contributed by atoms with Crippen molar-refractivity contribution in [1.29, 1.82) is 0 Å². The summed E-state index contributed by atoms with van der Waals surface area (Å²) in [4.78, 5) is 8.36. The molecule has 3 N–H and O–H groups in total. The van der Waals surface area contributed by atoms with Crippen LogP contribution in [0.2, 0.25) is 0 Å². The van der Waals surface area contributed by atoms with Gasteiger partial charge in [0.15, 0.2) is 0 Å². The first kappa shape index (κ1) is 13.2. The zero-order valence-corrected chi connectivity index (χ0v) is 10.1. The lowest BCUT2D eigenvalue weighted by Crippen LogP contribution is -2.14. The third-order valence-electron chi connectivity index (χ3n) is 1.80. The fraction of sp³-hybridized carbons (Fsp3) is 0.600. The molecule has 1 heterocycles. The molecule has 0 fully saturated rings. The Balaban J connectivity index is 2.46. The van der Waals surface area contributed by atoms with Crippen molar-refractivity contribution in [1.82, 2.24) is 9.97 Å². The standard InChI is InChI=1S/C10H17N3O2S/c1-2-3-12-9-4-11-5-10(13-9)16-7-8(15)6-14/h4-5,8,14-15H,2-3,6-7H2,1H3,(H,12,13). The van der Waals surface area contributed by atoms with Crippen molar-refractivity contribution >= 4 is 17.6 Å². The quantitative estimate of drug-likeness (QED) is 0.613. The van der Waals surface area contributed by atoms with Gasteiger partial charge in [-0.15, -0.1) is 11.8 Å². The summed E-state index contributed by atoms with van der Waals surface area (Å²) in [6.07, 6.45) is 3.63. The number of aliphatic hydroxyl groups excluding tert-OH is 2. The molecule has 0 radical (unpaired) electrons. The molecule has 1 aromatic heterocycles. The lowest BCUT2D eigenvalue weighted by atomic mass is 10.4. The number of nitrogens with zero attached hydrogens (tertiary/aromatic N) is 2. The Morgan fingerprint density at radius 1 is 1.50 bits per heavy atom. The number of aliphatic hydroxyl groups is 2. The fourth-order valence-corrected chi connectivity index (χ4v) is 1.76. The van der Waals surface area contributed by atoms with Crippen LogP contribution in [0.1, 0.15) is 13.3 Å². The lowest BCUT2D eigenvalue weighted by Gasteiger charge is -2.07. The van der Waals surface area contributed by atoms with Crippen molar-refractivity contribution in [3.8, 4) is 0 Å². The van der Waals surface area contributed by atoms with Gasteiger partial charge in [0, 0.05) is 12.3 Å². The van der Waals surface area contributed by atoms with Crippen molar-refractivity contribution in [2.45, 2.75) is 24.5 Å². The summed E-state index contributed by atoms with van der Waals surface area (Å²) >= 11 is 1.38. The summed E-state index contributed by atoms with van der Waals surface area (Å²) < 4.78 is 0. The molecule has 0 bridgehead atoms. The van der Waals surface area contributed by atoms with Crippen LogP contribution in [0.5, 0.6) is 0 Å². The summed E-state index contributed by atoms with van der Waals surface area (Å²) in [6, 6.07) is 0. The van der Waals surface area contributed by atoms with E-state index in [4.69, 9.17) is 5.11 Å². The van der Waals surface area contributed by atoms with Crippen LogP contribution < -0.4 is 5.32 Å². The van der Waals surface area contributed by atoms with E-state index in [1.54, 1.807) is 12.4 Å². The van der Waals surface area contributed by atoms with E-state index in [9.17, 15) is 5.11 Å². The molecule has 0 aliphatic carbocycles. The van der Waals surface area contributed by atoms with E-state index >= 15 is 0 Å². The monoisotopic (exact) mass is 243 g/mol. The molecule has 1 rings (SSSR count). The Morgan fingerprint density at radius 3 is 3.00 bits per heavy atom. The van der Waals surface area contributed by atoms with Crippen LogP contribution in [0.15, 0.2) is 17.4 Å². The molecular weight excluding hydrogens is 226 g/mol. The first-order valence-corrected chi connectivity index (χ1v) is 6.22. The zero-order chi connectivity index (χ0) is 11.8. The maximum Gasteiger partial charge on any atom is 0.145 e. The second kappa shape index (κ2) is 7.43. The van der Waals surface area contributed by atoms with Crippen LogP contribution in [0, 0.1) is 0 Å². The van der Waals surface area contributed by atoms with Crippen LogP contribution in [0.4, 0.5) is 5.82 Å². The van der Waals surface area contributed by atoms with Crippen LogP contribution in [-0.2, 0) is 0 Å². The molecule has 0 saturated heterocycles. The van der Waals surface area contributed by atoms with Crippen LogP contribution in [-0.4, -0.2) is 45.2 Å². The van der Waals surface area contributed by atoms with E-state index in [2.05, 4.69) is 22.2 Å². The molecule has 90 valence electrons. The molecular formula is C10H17N3O2S. The molecule has 0 aromatic carbocycles. The van der Waals surface area contributed by atoms with Gasteiger partial charge in [0.1, 0.15) is 10.8 Å². The second-order valence-corrected chi connectivity index (χ2v) is 4.36. The van der Waals surface area contributed by atoms with Crippen molar-refractivity contribution in [3.63, 3.8) is 0 Å². The molecule has 0 aliphatic rings. The third kappa shape index (κ3) is 4.78. The summed E-state index contributed by atoms with van der Waals surface area (Å²) in [5.74, 6) is 1.16. The summed E-state index contributed by atoms with van der Waals surface area (Å²) in [6.45, 7) is 2.72. The van der Waals surface area contributed by atoms with Gasteiger partial charge in [0.05, 0.1) is 25.1 Å². The molecule has 1 aromatic rings. The van der Waals surface area contributed by atoms with Gasteiger partial charge in [-0.05, 0) is 6.42 Å². The molecule has 6 heteroatoms. The highest BCUT2D eigenvalue weighted by atomic mass is 32.2. The van der Waals surface area contributed by atoms with E-state index in [0.29, 0.717) is 5.75 Å². The average molecular weight is 243 g/mol. The minimum absolute atomic E-state index is 0.228. The van der Waals surface area contributed by atoms with Gasteiger partial charge in [-0.25, -0.2) is 4.98 Å². The third-order valence-corrected chi connectivity index (χ3v) is 2.85. The molecule has 5 nitrogen and oxygen atoms in total. The first-order valence-electron chi connectivity index (χ1n) is 5.24. The van der Waals surface area contributed by atoms with Crippen molar-refractivity contribution < 1.29 is 10.2 Å². The van der Waals surface area contributed by atoms with Gasteiger partial charge >= 0.3 is 0 Å². The minimum atomic E-state index is -0.709. The van der Waals surface area contributed by atoms with E-state index in [1.165, 1.54) is 11.8 Å². The van der Waals surface area contributed by atoms with Gasteiger partial charge in [0.2, 0.25) is 0 Å². The number of nitrogens with one attached hydrogen (secondary N) is 1. The highest BCUT2D eigenvalue weighted by Crippen LogP contribution is 2.16. The van der Waals surface area contributed by atoms with Gasteiger partial charge in [-0.1, -0.05) is 6.92 Å². The van der Waals surface area contributed by atoms with E-state index in [-0.39, 0.29) is 6.61 Å². The Hall–Kier alpha value is -0.850. The smallest absolute Gasteiger partial charge is 0.145 e. The van der Waals surface area contributed by atoms with Gasteiger partial charge in [-0.2, -0.15) is 0 Å². The molecule has 0 saturated carbocycles. The topological polar surface area (TPSA) is 78.3 Å². The predicted octanol–water partition coefficient (Wildman–Crippen LogP) is 0.744. The Kier molecular flexibility index (Phi) is 6.14. The van der Waals surface area contributed by atoms with E-state index < -0.39 is 6.10 Å². The SMILES string of the molecule is CCCNc1cncc(SCC(O)CO)n1. The summed E-state index contributed by atoms with van der Waals surface area (Å²) in [5, 5.41) is 21.7. The van der Waals surface area contributed by atoms with E-state index in [1.807, 2.05) is 0 Å². The molecule has 0 spiro atoms. The van der Waals surface area contributed by atoms with Crippen molar-refractivity contribution in [2.75, 3.05) is 24.2 Å². The second-order valence-electron chi connectivity index (χ2n) is 3.32. The first-order chi connectivity index (χ1) is 7.76. The number of hydrogen-bond donors (Lipinski definition) is 3. The number of aromatic nitrogens is 2. The van der Waals surface area contributed by atoms with Gasteiger partial charge < -0.3 is 15.5 Å². The van der Waals surface area contributed by atoms with Gasteiger partial charge in [0.25, 0.3) is 0 Å². The molecule has 1 atom stereocenters. The number of anilines is 1. The maximum absolute atomic E-state index is 9.20. The molecule has 0 amide bonds. The summed E-state index contributed by atoms with van der Waals surface area (Å²) in [7, 11) is 0. The molecule has 0 aliphatic heterocycles. The van der Waals surface area contributed by atoms with Gasteiger partial charge in [-0.3, -0.25) is 4.98 Å². The van der Waals surface area contributed by atoms with E-state index in [0.717, 1.165) is 23.8 Å². The average Bonchev–Trinajstić information content (AvgIpc) is 2.34. The highest BCUT2D eigenvalue weighted by molar-refractivity contribution is 7.99. The Labute approximate surface area is 99.3 Å². The lowest BCUT2D eigenvalue weighted by molar-refractivity contribution is 0.113. The largest absolute Gasteiger partial charge is 0.394 e. The minimum Gasteiger partial charge on any atom is -0.394 e. The number of thioether (sulfide) groups is 1. The number of hydrogen-bond acceptors (Lipinski definition) is 6. The summed E-state index contributed by atoms with van der Waals surface area (Å²) in [5.41, 5.74) is 0. The van der Waals surface area contributed by atoms with Crippen molar-refractivity contribution in [3.05, 3.63) is 12.4 Å². The molecule has 1 unspecified atom stereocenters. The number of rotatable bonds is 7. The maximum atomic E-state index is 9.20. The predicted molar refractivity (Wildman–Crippen MR) is 64.6 cm³/mol. The fourth-order valence-electron chi connectivity index (χ4n) is 0.990. The Bertz CT molecular complexity index is 312. The normalized spacial score (nSPS) is 12.4. The molecule has 16 heavy (non-hydrogen) atoms. The van der Waals surface area contributed by atoms with Crippen LogP contribution >= 0.6 is 11.8 Å². The van der Waals surface area contributed by atoms with Crippen LogP contribution in [0.25, 0.3) is 0 Å². The Morgan fingerprint density at radius 2 is 2.31 bits per heavy atom. The van der Waals surface area contributed by atoms with Crippen molar-refractivity contribution in [2.24, 2.45) is 0 Å².